The first-order valence-electron chi connectivity index (χ1n) is 12.9. The summed E-state index contributed by atoms with van der Waals surface area (Å²) in [5, 5.41) is 9.92. The minimum atomic E-state index is -1.47. The summed E-state index contributed by atoms with van der Waals surface area (Å²) < 4.78 is 11.4. The van der Waals surface area contributed by atoms with Crippen LogP contribution in [-0.2, 0) is 19.1 Å². The van der Waals surface area contributed by atoms with Crippen molar-refractivity contribution in [3.63, 3.8) is 0 Å². The van der Waals surface area contributed by atoms with Gasteiger partial charge in [-0.25, -0.2) is 14.5 Å². The molecule has 2 aromatic carbocycles. The molecule has 3 aliphatic heterocycles. The fourth-order valence-corrected chi connectivity index (χ4v) is 7.10. The maximum Gasteiger partial charge on any atom is 0.421 e. The number of esters is 2. The molecule has 200 valence electrons. The van der Waals surface area contributed by atoms with E-state index in [1.165, 1.54) is 0 Å². The second-order valence-electron chi connectivity index (χ2n) is 10.4. The Kier molecular flexibility index (Phi) is 7.21. The molecule has 3 N–H and O–H groups in total. The van der Waals surface area contributed by atoms with E-state index < -0.39 is 17.8 Å². The highest BCUT2D eigenvalue weighted by molar-refractivity contribution is 7.99. The molecule has 1 aliphatic carbocycles. The fourth-order valence-electron chi connectivity index (χ4n) is 6.03. The third-order valence-corrected chi connectivity index (χ3v) is 9.11. The molecule has 1 saturated carbocycles. The first kappa shape index (κ1) is 26.6. The average molecular weight is 538 g/mol. The van der Waals surface area contributed by atoms with Gasteiger partial charge in [0.15, 0.2) is 5.78 Å². The van der Waals surface area contributed by atoms with Gasteiger partial charge in [0.1, 0.15) is 0 Å². The van der Waals surface area contributed by atoms with Crippen molar-refractivity contribution in [1.82, 2.24) is 4.90 Å². The van der Waals surface area contributed by atoms with Crippen LogP contribution >= 0.6 is 11.8 Å². The molecule has 6 rings (SSSR count). The van der Waals surface area contributed by atoms with E-state index in [0.29, 0.717) is 31.0 Å². The highest BCUT2D eigenvalue weighted by atomic mass is 32.2. The van der Waals surface area contributed by atoms with E-state index >= 15 is 0 Å². The third kappa shape index (κ3) is 4.68. The third-order valence-electron chi connectivity index (χ3n) is 7.95. The predicted molar refractivity (Wildman–Crippen MR) is 140 cm³/mol. The lowest BCUT2D eigenvalue weighted by atomic mass is 9.84. The van der Waals surface area contributed by atoms with Gasteiger partial charge in [0.25, 0.3) is 0 Å². The number of piperidine rings is 1. The van der Waals surface area contributed by atoms with Gasteiger partial charge < -0.3 is 20.1 Å². The SMILES string of the molecule is CC(=O)c1ccc2c(c1)/C(=C1\CCN(CC3CCC(O)CC3)C3(C1)OC(=O)C(=O)O3)c1ccccc1S2.O. The smallest absolute Gasteiger partial charge is 0.412 e. The van der Waals surface area contributed by atoms with Gasteiger partial charge >= 0.3 is 17.8 Å². The minimum Gasteiger partial charge on any atom is -0.412 e. The molecule has 9 heteroatoms. The number of ether oxygens (including phenoxy) is 2. The summed E-state index contributed by atoms with van der Waals surface area (Å²) >= 11 is 1.67. The number of Topliss-reactive ketones (excluding diaryl/α,β-unsaturated/α-hetero) is 1. The largest absolute Gasteiger partial charge is 0.421 e. The summed E-state index contributed by atoms with van der Waals surface area (Å²) in [7, 11) is 0. The van der Waals surface area contributed by atoms with E-state index in [0.717, 1.165) is 57.7 Å². The number of rotatable bonds is 3. The molecule has 1 spiro atoms. The van der Waals surface area contributed by atoms with Crippen LogP contribution in [0.3, 0.4) is 0 Å². The molecule has 38 heavy (non-hydrogen) atoms. The van der Waals surface area contributed by atoms with E-state index in [4.69, 9.17) is 9.47 Å². The zero-order valence-corrected chi connectivity index (χ0v) is 22.0. The monoisotopic (exact) mass is 537 g/mol. The number of fused-ring (bicyclic) bond motifs is 2. The topological polar surface area (TPSA) is 125 Å². The molecule has 4 aliphatic rings. The van der Waals surface area contributed by atoms with Crippen LogP contribution in [0, 0.1) is 5.92 Å². The number of aliphatic hydroxyl groups is 1. The highest BCUT2D eigenvalue weighted by Crippen LogP contribution is 2.50. The quantitative estimate of drug-likeness (QED) is 0.304. The number of hydrogen-bond acceptors (Lipinski definition) is 8. The Balaban J connectivity index is 0.00000294. The van der Waals surface area contributed by atoms with E-state index in [2.05, 4.69) is 12.1 Å². The first-order chi connectivity index (χ1) is 17.8. The lowest BCUT2D eigenvalue weighted by Gasteiger charge is -2.44. The number of ketones is 1. The number of aliphatic hydroxyl groups excluding tert-OH is 1. The number of carbonyl (C=O) groups excluding carboxylic acids is 3. The molecule has 3 fully saturated rings. The zero-order valence-electron chi connectivity index (χ0n) is 21.2. The number of likely N-dealkylation sites (tertiary alicyclic amines) is 1. The normalized spacial score (nSPS) is 26.2. The molecule has 0 aromatic heterocycles. The van der Waals surface area contributed by atoms with Crippen molar-refractivity contribution in [2.24, 2.45) is 5.92 Å². The zero-order chi connectivity index (χ0) is 25.7. The van der Waals surface area contributed by atoms with Gasteiger partial charge in [0, 0.05) is 28.4 Å². The molecule has 0 radical (unpaired) electrons. The summed E-state index contributed by atoms with van der Waals surface area (Å²) in [6.45, 7) is 2.76. The second-order valence-corrected chi connectivity index (χ2v) is 11.5. The molecule has 2 aromatic rings. The fraction of sp³-hybridized carbons (Fsp3) is 0.414. The molecule has 3 heterocycles. The van der Waals surface area contributed by atoms with Crippen LogP contribution in [0.1, 0.15) is 66.9 Å². The summed E-state index contributed by atoms with van der Waals surface area (Å²) in [6, 6.07) is 14.0. The van der Waals surface area contributed by atoms with Gasteiger partial charge in [0.2, 0.25) is 0 Å². The molecule has 2 saturated heterocycles. The molecule has 0 atom stereocenters. The van der Waals surface area contributed by atoms with Crippen molar-refractivity contribution in [2.45, 2.75) is 67.3 Å². The predicted octanol–water partition coefficient (Wildman–Crippen LogP) is 3.73. The minimum absolute atomic E-state index is 0. The molecule has 8 nitrogen and oxygen atoms in total. The molecular weight excluding hydrogens is 506 g/mol. The van der Waals surface area contributed by atoms with Gasteiger partial charge in [-0.1, -0.05) is 41.6 Å². The standard InChI is InChI=1S/C29H29NO6S.H2O/c1-17(31)19-8-11-25-23(14-19)26(22-4-2-3-5-24(22)37-25)20-12-13-30(16-18-6-9-21(32)10-7-18)29(15-20)35-27(33)28(34)36-29;/h2-5,8,11,14,18,21,32H,6-7,9-10,12-13,15-16H2,1H3;1H2/b26-20+;. The number of hydrogen-bond donors (Lipinski definition) is 1. The van der Waals surface area contributed by atoms with Crippen LogP contribution in [-0.4, -0.2) is 58.3 Å². The maximum atomic E-state index is 12.3. The van der Waals surface area contributed by atoms with E-state index in [1.807, 2.05) is 35.2 Å². The van der Waals surface area contributed by atoms with Crippen LogP contribution in [0.2, 0.25) is 0 Å². The second kappa shape index (κ2) is 10.3. The van der Waals surface area contributed by atoms with Crippen LogP contribution in [0.25, 0.3) is 5.57 Å². The van der Waals surface area contributed by atoms with Gasteiger partial charge in [0.05, 0.1) is 12.5 Å². The Morgan fingerprint density at radius 1 is 1.03 bits per heavy atom. The number of nitrogens with zero attached hydrogens (tertiary/aromatic N) is 1. The van der Waals surface area contributed by atoms with Crippen molar-refractivity contribution in [1.29, 1.82) is 0 Å². The van der Waals surface area contributed by atoms with Crippen LogP contribution in [0.4, 0.5) is 0 Å². The Labute approximate surface area is 225 Å². The van der Waals surface area contributed by atoms with Crippen molar-refractivity contribution in [3.8, 4) is 0 Å². The van der Waals surface area contributed by atoms with Gasteiger partial charge in [-0.05, 0) is 79.8 Å². The summed E-state index contributed by atoms with van der Waals surface area (Å²) in [4.78, 5) is 41.0. The Morgan fingerprint density at radius 2 is 1.71 bits per heavy atom. The summed E-state index contributed by atoms with van der Waals surface area (Å²) in [5.41, 5.74) is 4.74. The number of carbonyl (C=O) groups is 3. The number of benzene rings is 2. The van der Waals surface area contributed by atoms with E-state index in [-0.39, 0.29) is 23.8 Å². The van der Waals surface area contributed by atoms with E-state index in [1.54, 1.807) is 18.7 Å². The van der Waals surface area contributed by atoms with Crippen molar-refractivity contribution in [3.05, 3.63) is 64.7 Å². The highest BCUT2D eigenvalue weighted by Gasteiger charge is 2.56. The Hall–Kier alpha value is -2.98. The van der Waals surface area contributed by atoms with Crippen LogP contribution in [0.5, 0.6) is 0 Å². The molecule has 0 bridgehead atoms. The van der Waals surface area contributed by atoms with Gasteiger partial charge in [-0.15, -0.1) is 0 Å². The van der Waals surface area contributed by atoms with Crippen LogP contribution in [0.15, 0.2) is 57.8 Å². The molecule has 0 amide bonds. The maximum absolute atomic E-state index is 12.3. The lowest BCUT2D eigenvalue weighted by molar-refractivity contribution is -0.258. The van der Waals surface area contributed by atoms with Crippen molar-refractivity contribution in [2.75, 3.05) is 13.1 Å². The Morgan fingerprint density at radius 3 is 2.42 bits per heavy atom. The molecule has 0 unspecified atom stereocenters. The summed E-state index contributed by atoms with van der Waals surface area (Å²) in [6.07, 6.45) is 3.98. The van der Waals surface area contributed by atoms with Gasteiger partial charge in [-0.3, -0.25) is 4.79 Å². The average Bonchev–Trinajstić information content (AvgIpc) is 3.17. The lowest BCUT2D eigenvalue weighted by Crippen LogP contribution is -2.55. The Bertz CT molecular complexity index is 1310. The summed E-state index contributed by atoms with van der Waals surface area (Å²) in [5.74, 6) is -3.07. The van der Waals surface area contributed by atoms with Gasteiger partial charge in [-0.2, -0.15) is 0 Å². The first-order valence-corrected chi connectivity index (χ1v) is 13.7. The van der Waals surface area contributed by atoms with Crippen LogP contribution < -0.4 is 0 Å². The van der Waals surface area contributed by atoms with E-state index in [9.17, 15) is 19.5 Å². The van der Waals surface area contributed by atoms with Crippen molar-refractivity contribution < 1.29 is 34.4 Å². The van der Waals surface area contributed by atoms with Crippen molar-refractivity contribution >= 4 is 35.1 Å². The molecular formula is C29H31NO7S.